The Morgan fingerprint density at radius 1 is 1.41 bits per heavy atom. The van der Waals surface area contributed by atoms with Crippen molar-refractivity contribution in [3.05, 3.63) is 18.1 Å². The molecule has 0 spiro atoms. The number of aliphatic hydroxyl groups is 1. The SMILES string of the molecule is CCOC1C(O)N(c2cc(C(C)(C)OC)ncn2)C(=O)N1C. The van der Waals surface area contributed by atoms with Gasteiger partial charge in [-0.3, -0.25) is 4.90 Å². The summed E-state index contributed by atoms with van der Waals surface area (Å²) < 4.78 is 10.8. The normalized spacial score (nSPS) is 22.5. The second kappa shape index (κ2) is 6.15. The second-order valence-corrected chi connectivity index (χ2v) is 5.50. The number of anilines is 1. The molecular formula is C14H22N4O4. The van der Waals surface area contributed by atoms with E-state index in [-0.39, 0.29) is 6.03 Å². The predicted octanol–water partition coefficient (Wildman–Crippen LogP) is 0.911. The van der Waals surface area contributed by atoms with Crippen LogP contribution in [0.4, 0.5) is 10.6 Å². The van der Waals surface area contributed by atoms with Crippen LogP contribution >= 0.6 is 0 Å². The van der Waals surface area contributed by atoms with Crippen molar-refractivity contribution >= 4 is 11.8 Å². The molecule has 2 amide bonds. The van der Waals surface area contributed by atoms with Crippen LogP contribution in [0.1, 0.15) is 26.5 Å². The largest absolute Gasteiger partial charge is 0.373 e. The molecule has 0 aliphatic carbocycles. The van der Waals surface area contributed by atoms with Crippen LogP contribution in [-0.4, -0.2) is 59.2 Å². The zero-order valence-corrected chi connectivity index (χ0v) is 13.5. The number of hydrogen-bond donors (Lipinski definition) is 1. The summed E-state index contributed by atoms with van der Waals surface area (Å²) in [6.45, 7) is 5.91. The lowest BCUT2D eigenvalue weighted by Crippen LogP contribution is -2.39. The van der Waals surface area contributed by atoms with Gasteiger partial charge in [0.1, 0.15) is 17.7 Å². The van der Waals surface area contributed by atoms with Crippen LogP contribution in [0, 0.1) is 0 Å². The fourth-order valence-electron chi connectivity index (χ4n) is 2.23. The topological polar surface area (TPSA) is 88.0 Å². The highest BCUT2D eigenvalue weighted by Gasteiger charge is 2.45. The number of nitrogens with zero attached hydrogens (tertiary/aromatic N) is 4. The number of aliphatic hydroxyl groups excluding tert-OH is 1. The lowest BCUT2D eigenvalue weighted by Gasteiger charge is -2.24. The van der Waals surface area contributed by atoms with Gasteiger partial charge in [-0.25, -0.2) is 19.7 Å². The van der Waals surface area contributed by atoms with E-state index in [9.17, 15) is 9.90 Å². The average molecular weight is 310 g/mol. The molecule has 2 rings (SSSR count). The number of urea groups is 1. The molecule has 1 aliphatic rings. The number of hydrogen-bond acceptors (Lipinski definition) is 6. The molecule has 8 heteroatoms. The number of ether oxygens (including phenoxy) is 2. The fourth-order valence-corrected chi connectivity index (χ4v) is 2.23. The van der Waals surface area contributed by atoms with E-state index in [2.05, 4.69) is 9.97 Å². The Hall–Kier alpha value is -1.77. The Labute approximate surface area is 129 Å². The molecule has 0 aromatic carbocycles. The molecule has 8 nitrogen and oxygen atoms in total. The van der Waals surface area contributed by atoms with Crippen LogP contribution in [0.25, 0.3) is 0 Å². The minimum atomic E-state index is -1.13. The number of carbonyl (C=O) groups is 1. The molecule has 0 bridgehead atoms. The summed E-state index contributed by atoms with van der Waals surface area (Å²) in [7, 11) is 3.16. The van der Waals surface area contributed by atoms with E-state index in [0.29, 0.717) is 18.1 Å². The van der Waals surface area contributed by atoms with Crippen LogP contribution in [0.5, 0.6) is 0 Å². The van der Waals surface area contributed by atoms with E-state index >= 15 is 0 Å². The van der Waals surface area contributed by atoms with Crippen LogP contribution in [0.15, 0.2) is 12.4 Å². The highest BCUT2D eigenvalue weighted by Crippen LogP contribution is 2.29. The van der Waals surface area contributed by atoms with Gasteiger partial charge < -0.3 is 14.6 Å². The summed E-state index contributed by atoms with van der Waals surface area (Å²) in [5.74, 6) is 0.307. The van der Waals surface area contributed by atoms with Crippen LogP contribution in [0.2, 0.25) is 0 Å². The van der Waals surface area contributed by atoms with E-state index in [0.717, 1.165) is 0 Å². The molecule has 122 valence electrons. The van der Waals surface area contributed by atoms with Crippen LogP contribution in [-0.2, 0) is 15.1 Å². The van der Waals surface area contributed by atoms with E-state index in [1.54, 1.807) is 27.1 Å². The molecule has 2 atom stereocenters. The molecule has 1 aromatic heterocycles. The van der Waals surface area contributed by atoms with Crippen molar-refractivity contribution in [2.75, 3.05) is 25.7 Å². The Kier molecular flexibility index (Phi) is 4.64. The lowest BCUT2D eigenvalue weighted by atomic mass is 10.0. The van der Waals surface area contributed by atoms with Crippen molar-refractivity contribution in [2.45, 2.75) is 38.8 Å². The number of carbonyl (C=O) groups excluding carboxylic acids is 1. The molecule has 0 saturated carbocycles. The van der Waals surface area contributed by atoms with E-state index in [4.69, 9.17) is 9.47 Å². The lowest BCUT2D eigenvalue weighted by molar-refractivity contribution is -0.0688. The molecular weight excluding hydrogens is 288 g/mol. The Morgan fingerprint density at radius 3 is 2.68 bits per heavy atom. The zero-order valence-electron chi connectivity index (χ0n) is 13.5. The third-order valence-corrected chi connectivity index (χ3v) is 3.77. The summed E-state index contributed by atoms with van der Waals surface area (Å²) in [5.41, 5.74) is -0.0149. The first kappa shape index (κ1) is 16.6. The van der Waals surface area contributed by atoms with Gasteiger partial charge in [-0.05, 0) is 20.8 Å². The van der Waals surface area contributed by atoms with Gasteiger partial charge >= 0.3 is 6.03 Å². The van der Waals surface area contributed by atoms with Gasteiger partial charge in [0.15, 0.2) is 12.5 Å². The number of rotatable bonds is 5. The van der Waals surface area contributed by atoms with Crippen molar-refractivity contribution in [2.24, 2.45) is 0 Å². The molecule has 1 saturated heterocycles. The monoisotopic (exact) mass is 310 g/mol. The van der Waals surface area contributed by atoms with Crippen molar-refractivity contribution in [3.8, 4) is 0 Å². The van der Waals surface area contributed by atoms with Gasteiger partial charge in [-0.1, -0.05) is 0 Å². The molecule has 22 heavy (non-hydrogen) atoms. The third-order valence-electron chi connectivity index (χ3n) is 3.77. The molecule has 2 heterocycles. The maximum absolute atomic E-state index is 12.4. The summed E-state index contributed by atoms with van der Waals surface area (Å²) in [6.07, 6.45) is -0.517. The highest BCUT2D eigenvalue weighted by atomic mass is 16.5. The quantitative estimate of drug-likeness (QED) is 0.870. The maximum Gasteiger partial charge on any atom is 0.329 e. The average Bonchev–Trinajstić information content (AvgIpc) is 2.71. The first-order chi connectivity index (χ1) is 10.3. The smallest absolute Gasteiger partial charge is 0.329 e. The van der Waals surface area contributed by atoms with Crippen molar-refractivity contribution in [3.63, 3.8) is 0 Å². The van der Waals surface area contributed by atoms with Gasteiger partial charge in [-0.2, -0.15) is 0 Å². The first-order valence-electron chi connectivity index (χ1n) is 7.06. The van der Waals surface area contributed by atoms with Crippen LogP contribution in [0.3, 0.4) is 0 Å². The Bertz CT molecular complexity index is 551. The van der Waals surface area contributed by atoms with Gasteiger partial charge in [0.05, 0.1) is 5.69 Å². The van der Waals surface area contributed by atoms with Gasteiger partial charge in [-0.15, -0.1) is 0 Å². The number of methoxy groups -OCH3 is 1. The van der Waals surface area contributed by atoms with Gasteiger partial charge in [0, 0.05) is 26.8 Å². The zero-order chi connectivity index (χ0) is 16.5. The first-order valence-corrected chi connectivity index (χ1v) is 7.06. The molecule has 1 aromatic rings. The molecule has 1 fully saturated rings. The second-order valence-electron chi connectivity index (χ2n) is 5.50. The standard InChI is InChI=1S/C14H22N4O4/c1-6-22-12-11(19)18(13(20)17(12)4)10-7-9(15-8-16-10)14(2,3)21-5/h7-8,11-12,19H,6H2,1-5H3. The third kappa shape index (κ3) is 2.77. The Balaban J connectivity index is 2.36. The summed E-state index contributed by atoms with van der Waals surface area (Å²) in [6, 6.07) is 1.25. The highest BCUT2D eigenvalue weighted by molar-refractivity contribution is 5.93. The minimum Gasteiger partial charge on any atom is -0.373 e. The predicted molar refractivity (Wildman–Crippen MR) is 79.1 cm³/mol. The van der Waals surface area contributed by atoms with Crippen molar-refractivity contribution in [1.29, 1.82) is 0 Å². The number of likely N-dealkylation sites (N-methyl/N-ethyl adjacent to an activating group) is 1. The number of aromatic nitrogens is 2. The summed E-state index contributed by atoms with van der Waals surface area (Å²) in [5, 5.41) is 10.4. The van der Waals surface area contributed by atoms with Crippen molar-refractivity contribution < 1.29 is 19.4 Å². The summed E-state index contributed by atoms with van der Waals surface area (Å²) >= 11 is 0. The van der Waals surface area contributed by atoms with Crippen molar-refractivity contribution in [1.82, 2.24) is 14.9 Å². The minimum absolute atomic E-state index is 0.307. The molecule has 1 N–H and O–H groups in total. The van der Waals surface area contributed by atoms with E-state index in [1.165, 1.54) is 16.1 Å². The number of amides is 2. The van der Waals surface area contributed by atoms with E-state index < -0.39 is 18.1 Å². The molecule has 1 aliphatic heterocycles. The Morgan fingerprint density at radius 2 is 2.09 bits per heavy atom. The van der Waals surface area contributed by atoms with E-state index in [1.807, 2.05) is 13.8 Å². The maximum atomic E-state index is 12.4. The summed E-state index contributed by atoms with van der Waals surface area (Å²) in [4.78, 5) is 23.2. The van der Waals surface area contributed by atoms with Crippen LogP contribution < -0.4 is 4.90 Å². The molecule has 2 unspecified atom stereocenters. The van der Waals surface area contributed by atoms with Gasteiger partial charge in [0.25, 0.3) is 0 Å². The van der Waals surface area contributed by atoms with Gasteiger partial charge in [0.2, 0.25) is 0 Å². The molecule has 0 radical (unpaired) electrons. The fraction of sp³-hybridized carbons (Fsp3) is 0.643.